The van der Waals surface area contributed by atoms with Gasteiger partial charge in [-0.25, -0.2) is 0 Å². The third-order valence-corrected chi connectivity index (χ3v) is 4.07. The lowest BCUT2D eigenvalue weighted by atomic mass is 9.71. The van der Waals surface area contributed by atoms with Crippen LogP contribution >= 0.6 is 0 Å². The van der Waals surface area contributed by atoms with Crippen LogP contribution in [0.5, 0.6) is 0 Å². The van der Waals surface area contributed by atoms with Crippen LogP contribution in [-0.2, 0) is 4.74 Å². The summed E-state index contributed by atoms with van der Waals surface area (Å²) in [6.45, 7) is 11.1. The van der Waals surface area contributed by atoms with Crippen LogP contribution in [0, 0.1) is 11.3 Å². The molecule has 0 saturated heterocycles. The standard InChI is InChI=1S/C16H33NO2/c1-5-7-17-14(12-18)6-8-19-15-9-13(2)10-16(3,4)11-15/h13-15,17-18H,5-12H2,1-4H3. The third kappa shape index (κ3) is 6.73. The van der Waals surface area contributed by atoms with Gasteiger partial charge in [0, 0.05) is 12.6 Å². The molecule has 0 radical (unpaired) electrons. The Morgan fingerprint density at radius 1 is 1.37 bits per heavy atom. The van der Waals surface area contributed by atoms with Gasteiger partial charge in [0.05, 0.1) is 12.7 Å². The maximum Gasteiger partial charge on any atom is 0.0585 e. The molecule has 1 aliphatic rings. The Morgan fingerprint density at radius 2 is 2.11 bits per heavy atom. The Labute approximate surface area is 119 Å². The molecule has 3 atom stereocenters. The molecule has 0 aromatic rings. The minimum atomic E-state index is 0.189. The maximum atomic E-state index is 9.30. The highest BCUT2D eigenvalue weighted by Crippen LogP contribution is 2.39. The van der Waals surface area contributed by atoms with Gasteiger partial charge in [-0.15, -0.1) is 0 Å². The number of hydrogen-bond acceptors (Lipinski definition) is 3. The fourth-order valence-corrected chi connectivity index (χ4v) is 3.37. The van der Waals surface area contributed by atoms with Crippen molar-refractivity contribution in [2.75, 3.05) is 19.8 Å². The lowest BCUT2D eigenvalue weighted by molar-refractivity contribution is -0.0269. The highest BCUT2D eigenvalue weighted by molar-refractivity contribution is 4.83. The third-order valence-electron chi connectivity index (χ3n) is 4.07. The van der Waals surface area contributed by atoms with E-state index in [1.807, 2.05) is 0 Å². The van der Waals surface area contributed by atoms with E-state index in [4.69, 9.17) is 4.74 Å². The van der Waals surface area contributed by atoms with Crippen LogP contribution in [0.1, 0.15) is 59.8 Å². The van der Waals surface area contributed by atoms with E-state index in [1.54, 1.807) is 0 Å². The Morgan fingerprint density at radius 3 is 2.68 bits per heavy atom. The van der Waals surface area contributed by atoms with Gasteiger partial charge >= 0.3 is 0 Å². The van der Waals surface area contributed by atoms with E-state index in [9.17, 15) is 5.11 Å². The molecule has 19 heavy (non-hydrogen) atoms. The number of nitrogens with one attached hydrogen (secondary N) is 1. The highest BCUT2D eigenvalue weighted by Gasteiger charge is 2.32. The second-order valence-corrected chi connectivity index (χ2v) is 7.03. The minimum absolute atomic E-state index is 0.189. The van der Waals surface area contributed by atoms with Gasteiger partial charge in [-0.2, -0.15) is 0 Å². The van der Waals surface area contributed by atoms with Crippen LogP contribution in [0.25, 0.3) is 0 Å². The number of ether oxygens (including phenoxy) is 1. The molecular weight excluding hydrogens is 238 g/mol. The minimum Gasteiger partial charge on any atom is -0.395 e. The second kappa shape index (κ2) is 8.23. The summed E-state index contributed by atoms with van der Waals surface area (Å²) in [7, 11) is 0. The summed E-state index contributed by atoms with van der Waals surface area (Å²) in [5.41, 5.74) is 0.416. The van der Waals surface area contributed by atoms with Gasteiger partial charge in [-0.1, -0.05) is 27.7 Å². The molecule has 2 N–H and O–H groups in total. The zero-order valence-corrected chi connectivity index (χ0v) is 13.2. The van der Waals surface area contributed by atoms with Crippen molar-refractivity contribution < 1.29 is 9.84 Å². The van der Waals surface area contributed by atoms with Crippen molar-refractivity contribution in [1.29, 1.82) is 0 Å². The summed E-state index contributed by atoms with van der Waals surface area (Å²) in [6.07, 6.45) is 6.08. The van der Waals surface area contributed by atoms with Gasteiger partial charge in [-0.05, 0) is 50.0 Å². The van der Waals surface area contributed by atoms with Crippen LogP contribution in [0.3, 0.4) is 0 Å². The van der Waals surface area contributed by atoms with Crippen molar-refractivity contribution >= 4 is 0 Å². The van der Waals surface area contributed by atoms with Gasteiger partial charge < -0.3 is 15.2 Å². The molecule has 1 rings (SSSR count). The quantitative estimate of drug-likeness (QED) is 0.713. The normalized spacial score (nSPS) is 28.3. The molecule has 114 valence electrons. The SMILES string of the molecule is CCCNC(CO)CCOC1CC(C)CC(C)(C)C1. The number of aliphatic hydroxyl groups is 1. The first-order chi connectivity index (χ1) is 8.96. The second-order valence-electron chi connectivity index (χ2n) is 7.03. The van der Waals surface area contributed by atoms with Gasteiger partial charge in [0.1, 0.15) is 0 Å². The molecule has 3 unspecified atom stereocenters. The largest absolute Gasteiger partial charge is 0.395 e. The number of aliphatic hydroxyl groups excluding tert-OH is 1. The number of rotatable bonds is 8. The summed E-state index contributed by atoms with van der Waals surface area (Å²) in [5, 5.41) is 12.6. The highest BCUT2D eigenvalue weighted by atomic mass is 16.5. The van der Waals surface area contributed by atoms with Gasteiger partial charge in [-0.3, -0.25) is 0 Å². The first-order valence-electron chi connectivity index (χ1n) is 7.92. The molecular formula is C16H33NO2. The van der Waals surface area contributed by atoms with Crippen molar-refractivity contribution in [3.05, 3.63) is 0 Å². The van der Waals surface area contributed by atoms with Crippen LogP contribution in [0.4, 0.5) is 0 Å². The topological polar surface area (TPSA) is 41.5 Å². The summed E-state index contributed by atoms with van der Waals surface area (Å²) in [6, 6.07) is 0.189. The van der Waals surface area contributed by atoms with E-state index in [1.165, 1.54) is 19.3 Å². The van der Waals surface area contributed by atoms with E-state index in [2.05, 4.69) is 33.0 Å². The molecule has 0 spiro atoms. The van der Waals surface area contributed by atoms with Crippen LogP contribution in [-0.4, -0.2) is 37.0 Å². The van der Waals surface area contributed by atoms with E-state index in [-0.39, 0.29) is 12.6 Å². The van der Waals surface area contributed by atoms with Crippen molar-refractivity contribution in [1.82, 2.24) is 5.32 Å². The lowest BCUT2D eigenvalue weighted by Gasteiger charge is -2.38. The Bertz CT molecular complexity index is 243. The van der Waals surface area contributed by atoms with E-state index >= 15 is 0 Å². The summed E-state index contributed by atoms with van der Waals surface area (Å²) >= 11 is 0. The van der Waals surface area contributed by atoms with Crippen molar-refractivity contribution in [3.63, 3.8) is 0 Å². The van der Waals surface area contributed by atoms with Crippen LogP contribution < -0.4 is 5.32 Å². The predicted octanol–water partition coefficient (Wildman–Crippen LogP) is 2.97. The maximum absolute atomic E-state index is 9.30. The molecule has 1 fully saturated rings. The molecule has 1 aliphatic carbocycles. The molecule has 3 nitrogen and oxygen atoms in total. The molecule has 0 heterocycles. The zero-order chi connectivity index (χ0) is 14.3. The van der Waals surface area contributed by atoms with E-state index < -0.39 is 0 Å². The zero-order valence-electron chi connectivity index (χ0n) is 13.2. The van der Waals surface area contributed by atoms with Crippen molar-refractivity contribution in [2.45, 2.75) is 71.9 Å². The number of hydrogen-bond donors (Lipinski definition) is 2. The predicted molar refractivity (Wildman–Crippen MR) is 80.3 cm³/mol. The molecule has 0 aromatic heterocycles. The summed E-state index contributed by atoms with van der Waals surface area (Å²) < 4.78 is 6.05. The van der Waals surface area contributed by atoms with Gasteiger partial charge in [0.2, 0.25) is 0 Å². The smallest absolute Gasteiger partial charge is 0.0585 e. The molecule has 0 aromatic carbocycles. The Balaban J connectivity index is 2.24. The summed E-state index contributed by atoms with van der Waals surface area (Å²) in [4.78, 5) is 0. The van der Waals surface area contributed by atoms with E-state index in [0.717, 1.165) is 31.9 Å². The molecule has 0 bridgehead atoms. The van der Waals surface area contributed by atoms with E-state index in [0.29, 0.717) is 11.5 Å². The van der Waals surface area contributed by atoms with Crippen LogP contribution in [0.15, 0.2) is 0 Å². The fraction of sp³-hybridized carbons (Fsp3) is 1.00. The average molecular weight is 271 g/mol. The van der Waals surface area contributed by atoms with Gasteiger partial charge in [0.15, 0.2) is 0 Å². The molecule has 0 aliphatic heterocycles. The van der Waals surface area contributed by atoms with Crippen molar-refractivity contribution in [2.24, 2.45) is 11.3 Å². The van der Waals surface area contributed by atoms with Gasteiger partial charge in [0.25, 0.3) is 0 Å². The van der Waals surface area contributed by atoms with Crippen molar-refractivity contribution in [3.8, 4) is 0 Å². The fourth-order valence-electron chi connectivity index (χ4n) is 3.37. The molecule has 1 saturated carbocycles. The average Bonchev–Trinajstić information content (AvgIpc) is 2.31. The molecule has 0 amide bonds. The monoisotopic (exact) mass is 271 g/mol. The Hall–Kier alpha value is -0.120. The first-order valence-corrected chi connectivity index (χ1v) is 7.92. The lowest BCUT2D eigenvalue weighted by Crippen LogP contribution is -2.36. The molecule has 3 heteroatoms. The first kappa shape index (κ1) is 16.9. The summed E-state index contributed by atoms with van der Waals surface area (Å²) in [5.74, 6) is 0.764. The Kier molecular flexibility index (Phi) is 7.33. The van der Waals surface area contributed by atoms with Crippen LogP contribution in [0.2, 0.25) is 0 Å².